The van der Waals surface area contributed by atoms with Crippen LogP contribution in [0.1, 0.15) is 17.5 Å². The monoisotopic (exact) mass is 295 g/mol. The molecule has 0 fully saturated rings. The summed E-state index contributed by atoms with van der Waals surface area (Å²) in [6, 6.07) is 1.94. The molecule has 0 bridgehead atoms. The molecule has 94 valence electrons. The van der Waals surface area contributed by atoms with Gasteiger partial charge >= 0.3 is 0 Å². The second-order valence-corrected chi connectivity index (χ2v) is 6.73. The predicted octanol–water partition coefficient (Wildman–Crippen LogP) is 3.91. The summed E-state index contributed by atoms with van der Waals surface area (Å²) in [6.45, 7) is 5.84. The van der Waals surface area contributed by atoms with Crippen molar-refractivity contribution in [1.29, 1.82) is 5.41 Å². The van der Waals surface area contributed by atoms with Gasteiger partial charge in [-0.3, -0.25) is 5.41 Å². The lowest BCUT2D eigenvalue weighted by molar-refractivity contribution is 1.34. The first-order valence-corrected chi connectivity index (χ1v) is 8.09. The first-order chi connectivity index (χ1) is 8.52. The summed E-state index contributed by atoms with van der Waals surface area (Å²) in [4.78, 5) is 5.36. The van der Waals surface area contributed by atoms with Crippen molar-refractivity contribution in [1.82, 2.24) is 4.98 Å². The van der Waals surface area contributed by atoms with Crippen molar-refractivity contribution >= 4 is 45.8 Å². The lowest BCUT2D eigenvalue weighted by Gasteiger charge is -1.95. The second-order valence-electron chi connectivity index (χ2n) is 3.75. The van der Waals surface area contributed by atoms with E-state index < -0.39 is 0 Å². The fraction of sp³-hybridized carbons (Fsp3) is 0.167. The first-order valence-electron chi connectivity index (χ1n) is 5.17. The third kappa shape index (κ3) is 2.50. The van der Waals surface area contributed by atoms with Crippen LogP contribution < -0.4 is 5.73 Å². The van der Waals surface area contributed by atoms with Crippen molar-refractivity contribution < 1.29 is 0 Å². The number of hydrogen-bond acceptors (Lipinski definition) is 5. The van der Waals surface area contributed by atoms with E-state index in [1.165, 1.54) is 11.3 Å². The number of nitrogen functional groups attached to an aromatic ring is 1. The maximum atomic E-state index is 7.50. The maximum absolute atomic E-state index is 7.50. The van der Waals surface area contributed by atoms with E-state index in [9.17, 15) is 0 Å². The number of thioether (sulfide) groups is 1. The predicted molar refractivity (Wildman–Crippen MR) is 82.9 cm³/mol. The molecule has 0 aliphatic rings. The van der Waals surface area contributed by atoms with Gasteiger partial charge in [0.05, 0.1) is 14.8 Å². The number of hydrogen-bond donors (Lipinski definition) is 2. The Bertz CT molecular complexity index is 610. The molecule has 0 atom stereocenters. The zero-order chi connectivity index (χ0) is 13.3. The van der Waals surface area contributed by atoms with E-state index in [2.05, 4.69) is 11.6 Å². The zero-order valence-corrected chi connectivity index (χ0v) is 12.6. The highest BCUT2D eigenvalue weighted by molar-refractivity contribution is 8.00. The molecule has 2 aromatic heterocycles. The Morgan fingerprint density at radius 3 is 2.78 bits per heavy atom. The Morgan fingerprint density at radius 1 is 1.56 bits per heavy atom. The average molecular weight is 295 g/mol. The second kappa shape index (κ2) is 5.26. The molecule has 0 radical (unpaired) electrons. The summed E-state index contributed by atoms with van der Waals surface area (Å²) >= 11 is 4.79. The van der Waals surface area contributed by atoms with Crippen LogP contribution in [0, 0.1) is 5.41 Å². The summed E-state index contributed by atoms with van der Waals surface area (Å²) in [6.07, 6.45) is 2.02. The number of rotatable bonds is 4. The normalized spacial score (nSPS) is 10.6. The van der Waals surface area contributed by atoms with Gasteiger partial charge in [-0.15, -0.1) is 34.4 Å². The Balaban J connectivity index is 2.48. The van der Waals surface area contributed by atoms with Gasteiger partial charge in [0.15, 0.2) is 0 Å². The molecule has 0 spiro atoms. The van der Waals surface area contributed by atoms with E-state index in [0.717, 1.165) is 30.9 Å². The van der Waals surface area contributed by atoms with Crippen LogP contribution in [0.3, 0.4) is 0 Å². The molecule has 6 heteroatoms. The van der Waals surface area contributed by atoms with E-state index in [0.29, 0.717) is 0 Å². The maximum Gasteiger partial charge on any atom is 0.133 e. The van der Waals surface area contributed by atoms with Crippen molar-refractivity contribution in [2.45, 2.75) is 11.1 Å². The van der Waals surface area contributed by atoms with Crippen molar-refractivity contribution in [3.05, 3.63) is 28.6 Å². The highest BCUT2D eigenvalue weighted by Gasteiger charge is 2.15. The summed E-state index contributed by atoms with van der Waals surface area (Å²) in [5.74, 6) is 0.109. The number of nitrogens with two attached hydrogens (primary N) is 1. The highest BCUT2D eigenvalue weighted by atomic mass is 32.2. The Kier molecular flexibility index (Phi) is 3.89. The van der Waals surface area contributed by atoms with Crippen LogP contribution in [0.5, 0.6) is 0 Å². The van der Waals surface area contributed by atoms with Gasteiger partial charge in [0.2, 0.25) is 0 Å². The van der Waals surface area contributed by atoms with Gasteiger partial charge in [0, 0.05) is 10.9 Å². The Labute approximate surface area is 118 Å². The molecule has 3 nitrogen and oxygen atoms in total. The minimum absolute atomic E-state index is 0.109. The topological polar surface area (TPSA) is 62.8 Å². The van der Waals surface area contributed by atoms with Crippen LogP contribution in [0.2, 0.25) is 0 Å². The standard InChI is InChI=1S/C12H13N3S3/c1-6(2)8-5-17-11(15-8)7-4-9(10(13)14)18-12(7)16-3/h4-5H,1H2,2-3H3,(H3,13,14). The smallest absolute Gasteiger partial charge is 0.133 e. The molecule has 0 aliphatic carbocycles. The molecule has 0 unspecified atom stereocenters. The highest BCUT2D eigenvalue weighted by Crippen LogP contribution is 2.39. The lowest BCUT2D eigenvalue weighted by Crippen LogP contribution is -2.08. The van der Waals surface area contributed by atoms with Crippen molar-refractivity contribution in [2.75, 3.05) is 6.26 Å². The number of amidine groups is 1. The molecular weight excluding hydrogens is 282 g/mol. The van der Waals surface area contributed by atoms with Crippen LogP contribution in [0.25, 0.3) is 16.1 Å². The van der Waals surface area contributed by atoms with Crippen molar-refractivity contribution in [3.8, 4) is 10.6 Å². The van der Waals surface area contributed by atoms with Gasteiger partial charge in [-0.05, 0) is 24.8 Å². The number of nitrogens with zero attached hydrogens (tertiary/aromatic N) is 1. The Hall–Kier alpha value is -1.11. The fourth-order valence-electron chi connectivity index (χ4n) is 1.40. The van der Waals surface area contributed by atoms with Gasteiger partial charge in [0.25, 0.3) is 0 Å². The Morgan fingerprint density at radius 2 is 2.28 bits per heavy atom. The molecule has 3 N–H and O–H groups in total. The lowest BCUT2D eigenvalue weighted by atomic mass is 10.3. The molecule has 0 amide bonds. The van der Waals surface area contributed by atoms with Crippen LogP contribution in [0.4, 0.5) is 0 Å². The van der Waals surface area contributed by atoms with Crippen LogP contribution in [-0.4, -0.2) is 17.1 Å². The minimum atomic E-state index is 0.109. The van der Waals surface area contributed by atoms with Gasteiger partial charge in [-0.2, -0.15) is 0 Å². The molecule has 0 aromatic carbocycles. The van der Waals surface area contributed by atoms with Crippen molar-refractivity contribution in [3.63, 3.8) is 0 Å². The van der Waals surface area contributed by atoms with Crippen LogP contribution in [-0.2, 0) is 0 Å². The largest absolute Gasteiger partial charge is 0.383 e. The average Bonchev–Trinajstić information content (AvgIpc) is 2.95. The summed E-state index contributed by atoms with van der Waals surface area (Å²) in [5.41, 5.74) is 8.49. The van der Waals surface area contributed by atoms with Gasteiger partial charge in [-0.25, -0.2) is 4.98 Å². The first kappa shape index (κ1) is 13.3. The third-order valence-corrected chi connectivity index (χ3v) is 5.50. The summed E-state index contributed by atoms with van der Waals surface area (Å²) in [7, 11) is 0. The minimum Gasteiger partial charge on any atom is -0.383 e. The summed E-state index contributed by atoms with van der Waals surface area (Å²) in [5, 5.41) is 10.5. The van der Waals surface area contributed by atoms with Gasteiger partial charge < -0.3 is 5.73 Å². The molecular formula is C12H13N3S3. The number of nitrogens with one attached hydrogen (secondary N) is 1. The van der Waals surface area contributed by atoms with E-state index in [4.69, 9.17) is 11.1 Å². The van der Waals surface area contributed by atoms with Gasteiger partial charge in [-0.1, -0.05) is 6.58 Å². The molecule has 2 heterocycles. The number of thiazole rings is 1. The summed E-state index contributed by atoms with van der Waals surface area (Å²) < 4.78 is 1.14. The fourth-order valence-corrected chi connectivity index (χ4v) is 4.18. The quantitative estimate of drug-likeness (QED) is 0.510. The molecule has 2 rings (SSSR count). The third-order valence-electron chi connectivity index (χ3n) is 2.32. The van der Waals surface area contributed by atoms with E-state index in [1.54, 1.807) is 23.1 Å². The molecule has 2 aromatic rings. The van der Waals surface area contributed by atoms with E-state index >= 15 is 0 Å². The molecule has 0 saturated heterocycles. The van der Waals surface area contributed by atoms with E-state index in [1.807, 2.05) is 24.6 Å². The number of thiophene rings is 1. The number of allylic oxidation sites excluding steroid dienone is 1. The van der Waals surface area contributed by atoms with Crippen LogP contribution >= 0.6 is 34.4 Å². The van der Waals surface area contributed by atoms with Gasteiger partial charge in [0.1, 0.15) is 10.8 Å². The SMILES string of the molecule is C=C(C)c1csc(-c2cc(C(=N)N)sc2SC)n1. The molecule has 0 saturated carbocycles. The zero-order valence-electron chi connectivity index (χ0n) is 10.1. The van der Waals surface area contributed by atoms with E-state index in [-0.39, 0.29) is 5.84 Å². The van der Waals surface area contributed by atoms with Crippen LogP contribution in [0.15, 0.2) is 22.2 Å². The number of aromatic nitrogens is 1. The molecule has 0 aliphatic heterocycles. The molecule has 18 heavy (non-hydrogen) atoms. The van der Waals surface area contributed by atoms with Crippen molar-refractivity contribution in [2.24, 2.45) is 5.73 Å².